The first-order valence-corrected chi connectivity index (χ1v) is 4.36. The molecule has 0 aliphatic heterocycles. The van der Waals surface area contributed by atoms with Crippen molar-refractivity contribution < 1.29 is 14.3 Å². The van der Waals surface area contributed by atoms with Gasteiger partial charge in [0.2, 0.25) is 0 Å². The van der Waals surface area contributed by atoms with Crippen LogP contribution in [0.4, 0.5) is 0 Å². The summed E-state index contributed by atoms with van der Waals surface area (Å²) < 4.78 is 9.38. The number of rotatable bonds is 2. The molecule has 0 unspecified atom stereocenters. The van der Waals surface area contributed by atoms with Gasteiger partial charge in [-0.05, 0) is 6.07 Å². The maximum Gasteiger partial charge on any atom is 0.356 e. The van der Waals surface area contributed by atoms with Gasteiger partial charge in [-0.3, -0.25) is 0 Å². The molecule has 0 aliphatic carbocycles. The van der Waals surface area contributed by atoms with Crippen LogP contribution in [0.25, 0.3) is 0 Å². The van der Waals surface area contributed by atoms with Crippen LogP contribution in [0, 0.1) is 0 Å². The van der Waals surface area contributed by atoms with E-state index in [1.54, 1.807) is 6.07 Å². The molecule has 0 fully saturated rings. The number of carbonyl (C=O) groups excluding carboxylic acids is 1. The van der Waals surface area contributed by atoms with Crippen molar-refractivity contribution in [2.45, 2.75) is 13.8 Å². The predicted molar refractivity (Wildman–Crippen MR) is 53.5 cm³/mol. The molecule has 0 radical (unpaired) electrons. The van der Waals surface area contributed by atoms with Crippen LogP contribution in [-0.2, 0) is 4.74 Å². The van der Waals surface area contributed by atoms with Gasteiger partial charge in [-0.25, -0.2) is 9.78 Å². The molecular formula is C10H15NO3. The summed E-state index contributed by atoms with van der Waals surface area (Å²) in [5, 5.41) is 0. The van der Waals surface area contributed by atoms with Crippen molar-refractivity contribution >= 4 is 5.97 Å². The van der Waals surface area contributed by atoms with Crippen LogP contribution in [0.1, 0.15) is 24.3 Å². The molecule has 1 aromatic rings. The Morgan fingerprint density at radius 1 is 1.36 bits per heavy atom. The highest BCUT2D eigenvalue weighted by Crippen LogP contribution is 2.10. The molecule has 0 aromatic carbocycles. The minimum Gasteiger partial charge on any atom is -0.497 e. The Morgan fingerprint density at radius 3 is 2.50 bits per heavy atom. The van der Waals surface area contributed by atoms with Crippen LogP contribution in [-0.4, -0.2) is 25.2 Å². The van der Waals surface area contributed by atoms with Crippen molar-refractivity contribution in [3.8, 4) is 5.75 Å². The van der Waals surface area contributed by atoms with Gasteiger partial charge in [-0.1, -0.05) is 13.8 Å². The second kappa shape index (κ2) is 6.88. The first-order valence-electron chi connectivity index (χ1n) is 4.36. The fraction of sp³-hybridized carbons (Fsp3) is 0.400. The Balaban J connectivity index is 0.000000791. The number of nitrogens with zero attached hydrogens (tertiary/aromatic N) is 1. The predicted octanol–water partition coefficient (Wildman–Crippen LogP) is 1.90. The van der Waals surface area contributed by atoms with Gasteiger partial charge in [0.15, 0.2) is 5.69 Å². The second-order valence-electron chi connectivity index (χ2n) is 2.07. The number of methoxy groups -OCH3 is 2. The van der Waals surface area contributed by atoms with E-state index in [2.05, 4.69) is 9.72 Å². The summed E-state index contributed by atoms with van der Waals surface area (Å²) in [4.78, 5) is 14.7. The maximum absolute atomic E-state index is 10.9. The molecule has 0 bridgehead atoms. The Bertz CT molecular complexity index is 286. The molecule has 0 atom stereocenters. The molecule has 1 heterocycles. The fourth-order valence-corrected chi connectivity index (χ4v) is 0.754. The van der Waals surface area contributed by atoms with Crippen LogP contribution in [0.3, 0.4) is 0 Å². The third-order valence-electron chi connectivity index (χ3n) is 1.36. The highest BCUT2D eigenvalue weighted by Gasteiger charge is 2.06. The number of aromatic nitrogens is 1. The highest BCUT2D eigenvalue weighted by molar-refractivity contribution is 5.87. The monoisotopic (exact) mass is 197 g/mol. The summed E-state index contributed by atoms with van der Waals surface area (Å²) in [7, 11) is 2.83. The van der Waals surface area contributed by atoms with Crippen molar-refractivity contribution in [1.29, 1.82) is 0 Å². The number of ether oxygens (including phenoxy) is 2. The zero-order valence-electron chi connectivity index (χ0n) is 8.90. The van der Waals surface area contributed by atoms with E-state index in [4.69, 9.17) is 4.74 Å². The Morgan fingerprint density at radius 2 is 2.00 bits per heavy atom. The van der Waals surface area contributed by atoms with Gasteiger partial charge < -0.3 is 9.47 Å². The lowest BCUT2D eigenvalue weighted by molar-refractivity contribution is 0.0593. The van der Waals surface area contributed by atoms with Crippen molar-refractivity contribution in [3.05, 3.63) is 24.0 Å². The highest BCUT2D eigenvalue weighted by atomic mass is 16.5. The summed E-state index contributed by atoms with van der Waals surface area (Å²) in [5.74, 6) is 0.124. The molecule has 0 aliphatic rings. The van der Waals surface area contributed by atoms with Crippen molar-refractivity contribution in [3.63, 3.8) is 0 Å². The number of hydrogen-bond acceptors (Lipinski definition) is 4. The van der Waals surface area contributed by atoms with E-state index in [0.29, 0.717) is 5.75 Å². The lowest BCUT2D eigenvalue weighted by atomic mass is 10.3. The molecule has 14 heavy (non-hydrogen) atoms. The minimum absolute atomic E-state index is 0.247. The molecule has 0 saturated heterocycles. The van der Waals surface area contributed by atoms with Gasteiger partial charge in [-0.15, -0.1) is 0 Å². The van der Waals surface area contributed by atoms with E-state index in [-0.39, 0.29) is 5.69 Å². The normalized spacial score (nSPS) is 8.29. The molecule has 78 valence electrons. The smallest absolute Gasteiger partial charge is 0.356 e. The fourth-order valence-electron chi connectivity index (χ4n) is 0.754. The van der Waals surface area contributed by atoms with E-state index < -0.39 is 5.97 Å². The van der Waals surface area contributed by atoms with Gasteiger partial charge in [0, 0.05) is 12.3 Å². The summed E-state index contributed by atoms with van der Waals surface area (Å²) in [6.45, 7) is 4.00. The lowest BCUT2D eigenvalue weighted by Crippen LogP contribution is -2.03. The minimum atomic E-state index is -0.464. The van der Waals surface area contributed by atoms with Crippen LogP contribution in [0.2, 0.25) is 0 Å². The van der Waals surface area contributed by atoms with Crippen molar-refractivity contribution in [2.24, 2.45) is 0 Å². The summed E-state index contributed by atoms with van der Waals surface area (Å²) in [6, 6.07) is 3.18. The van der Waals surface area contributed by atoms with Gasteiger partial charge in [-0.2, -0.15) is 0 Å². The van der Waals surface area contributed by atoms with Crippen LogP contribution in [0.5, 0.6) is 5.75 Å². The second-order valence-corrected chi connectivity index (χ2v) is 2.07. The molecule has 4 nitrogen and oxygen atoms in total. The summed E-state index contributed by atoms with van der Waals surface area (Å²) >= 11 is 0. The van der Waals surface area contributed by atoms with Gasteiger partial charge in [0.05, 0.1) is 14.2 Å². The van der Waals surface area contributed by atoms with E-state index in [1.165, 1.54) is 26.5 Å². The van der Waals surface area contributed by atoms with Gasteiger partial charge in [0.25, 0.3) is 0 Å². The third kappa shape index (κ3) is 3.43. The SMILES string of the molecule is CC.COC(=O)c1cc(OC)ccn1. The average Bonchev–Trinajstić information content (AvgIpc) is 2.30. The number of pyridine rings is 1. The largest absolute Gasteiger partial charge is 0.497 e. The lowest BCUT2D eigenvalue weighted by Gasteiger charge is -2.00. The molecule has 0 amide bonds. The van der Waals surface area contributed by atoms with E-state index in [1.807, 2.05) is 13.8 Å². The number of carbonyl (C=O) groups is 1. The van der Waals surface area contributed by atoms with Crippen LogP contribution in [0.15, 0.2) is 18.3 Å². The van der Waals surface area contributed by atoms with E-state index >= 15 is 0 Å². The van der Waals surface area contributed by atoms with Crippen LogP contribution >= 0.6 is 0 Å². The van der Waals surface area contributed by atoms with Gasteiger partial charge >= 0.3 is 5.97 Å². The molecule has 0 N–H and O–H groups in total. The molecule has 0 saturated carbocycles. The summed E-state index contributed by atoms with van der Waals surface area (Å²) in [5.41, 5.74) is 0.247. The van der Waals surface area contributed by atoms with Crippen molar-refractivity contribution in [2.75, 3.05) is 14.2 Å². The topological polar surface area (TPSA) is 48.4 Å². The zero-order valence-corrected chi connectivity index (χ0v) is 8.90. The Kier molecular flexibility index (Phi) is 6.11. The van der Waals surface area contributed by atoms with E-state index in [9.17, 15) is 4.79 Å². The number of hydrogen-bond donors (Lipinski definition) is 0. The zero-order chi connectivity index (χ0) is 11.0. The Labute approximate surface area is 83.9 Å². The van der Waals surface area contributed by atoms with Gasteiger partial charge in [0.1, 0.15) is 5.75 Å². The molecular weight excluding hydrogens is 182 g/mol. The first-order chi connectivity index (χ1) is 6.77. The Hall–Kier alpha value is -1.58. The quantitative estimate of drug-likeness (QED) is 0.679. The van der Waals surface area contributed by atoms with Crippen LogP contribution < -0.4 is 4.74 Å². The van der Waals surface area contributed by atoms with E-state index in [0.717, 1.165) is 0 Å². The maximum atomic E-state index is 10.9. The number of esters is 1. The summed E-state index contributed by atoms with van der Waals surface area (Å²) in [6.07, 6.45) is 1.49. The molecule has 1 rings (SSSR count). The first kappa shape index (κ1) is 12.4. The molecule has 1 aromatic heterocycles. The standard InChI is InChI=1S/C8H9NO3.C2H6/c1-11-6-3-4-9-7(5-6)8(10)12-2;1-2/h3-5H,1-2H3;1-2H3. The average molecular weight is 197 g/mol. The molecule has 0 spiro atoms. The van der Waals surface area contributed by atoms with Crippen molar-refractivity contribution in [1.82, 2.24) is 4.98 Å². The molecule has 4 heteroatoms. The third-order valence-corrected chi connectivity index (χ3v) is 1.36.